The van der Waals surface area contributed by atoms with Gasteiger partial charge in [0.25, 0.3) is 0 Å². The molecule has 0 spiro atoms. The van der Waals surface area contributed by atoms with Crippen molar-refractivity contribution in [2.75, 3.05) is 32.8 Å². The number of ether oxygens (including phenoxy) is 1. The Labute approximate surface area is 117 Å². The molecule has 0 aromatic heterocycles. The van der Waals surface area contributed by atoms with Crippen LogP contribution in [-0.2, 0) is 9.53 Å². The highest BCUT2D eigenvalue weighted by atomic mass is 16.5. The summed E-state index contributed by atoms with van der Waals surface area (Å²) >= 11 is 0. The predicted molar refractivity (Wildman–Crippen MR) is 77.9 cm³/mol. The molecule has 4 heteroatoms. The molecular weight excluding hydrogens is 240 g/mol. The zero-order valence-electron chi connectivity index (χ0n) is 12.6. The number of carbonyl (C=O) groups excluding carboxylic acids is 1. The molecule has 112 valence electrons. The second-order valence-electron chi connectivity index (χ2n) is 5.55. The summed E-state index contributed by atoms with van der Waals surface area (Å²) in [5, 5.41) is 0. The van der Waals surface area contributed by atoms with Gasteiger partial charge in [-0.2, -0.15) is 0 Å². The smallest absolute Gasteiger partial charge is 0.222 e. The number of carbonyl (C=O) groups is 1. The summed E-state index contributed by atoms with van der Waals surface area (Å²) in [4.78, 5) is 14.2. The molecule has 0 bridgehead atoms. The number of rotatable bonds is 9. The van der Waals surface area contributed by atoms with Crippen LogP contribution in [-0.4, -0.2) is 43.7 Å². The van der Waals surface area contributed by atoms with E-state index in [0.717, 1.165) is 58.5 Å². The number of hydrogen-bond donors (Lipinski definition) is 1. The van der Waals surface area contributed by atoms with E-state index in [1.165, 1.54) is 0 Å². The topological polar surface area (TPSA) is 55.6 Å². The summed E-state index contributed by atoms with van der Waals surface area (Å²) in [6, 6.07) is 0. The molecule has 1 fully saturated rings. The maximum absolute atomic E-state index is 12.2. The lowest BCUT2D eigenvalue weighted by molar-refractivity contribution is -0.132. The van der Waals surface area contributed by atoms with Gasteiger partial charge in [-0.15, -0.1) is 0 Å². The van der Waals surface area contributed by atoms with Gasteiger partial charge in [0.05, 0.1) is 6.61 Å². The zero-order chi connectivity index (χ0) is 14.1. The summed E-state index contributed by atoms with van der Waals surface area (Å²) in [5.74, 6) is 1.43. The molecule has 1 amide bonds. The lowest BCUT2D eigenvalue weighted by Gasteiger charge is -2.24. The van der Waals surface area contributed by atoms with Gasteiger partial charge in [-0.25, -0.2) is 0 Å². The number of nitrogens with zero attached hydrogens (tertiary/aromatic N) is 1. The largest absolute Gasteiger partial charge is 0.381 e. The summed E-state index contributed by atoms with van der Waals surface area (Å²) in [5.41, 5.74) is 5.60. The van der Waals surface area contributed by atoms with Gasteiger partial charge in [-0.3, -0.25) is 4.79 Å². The minimum Gasteiger partial charge on any atom is -0.381 e. The van der Waals surface area contributed by atoms with Crippen LogP contribution in [0.3, 0.4) is 0 Å². The van der Waals surface area contributed by atoms with Crippen LogP contribution in [0, 0.1) is 11.8 Å². The van der Waals surface area contributed by atoms with Crippen molar-refractivity contribution in [3.63, 3.8) is 0 Å². The van der Waals surface area contributed by atoms with Crippen LogP contribution in [0.25, 0.3) is 0 Å². The summed E-state index contributed by atoms with van der Waals surface area (Å²) in [6.07, 6.45) is 4.89. The highest BCUT2D eigenvalue weighted by Gasteiger charge is 2.21. The SMILES string of the molecule is CCC(CCN)CCC(=O)N(CC)CC1CCOC1. The Hall–Kier alpha value is -0.610. The van der Waals surface area contributed by atoms with E-state index in [9.17, 15) is 4.79 Å². The Morgan fingerprint density at radius 2 is 2.21 bits per heavy atom. The van der Waals surface area contributed by atoms with Crippen molar-refractivity contribution in [1.82, 2.24) is 4.90 Å². The Bertz CT molecular complexity index is 253. The number of amides is 1. The third-order valence-corrected chi connectivity index (χ3v) is 4.16. The van der Waals surface area contributed by atoms with Crippen molar-refractivity contribution in [2.45, 2.75) is 46.0 Å². The van der Waals surface area contributed by atoms with Crippen LogP contribution in [0.4, 0.5) is 0 Å². The first kappa shape index (κ1) is 16.4. The van der Waals surface area contributed by atoms with Gasteiger partial charge in [0.1, 0.15) is 0 Å². The third-order valence-electron chi connectivity index (χ3n) is 4.16. The first-order valence-electron chi connectivity index (χ1n) is 7.76. The van der Waals surface area contributed by atoms with E-state index in [0.29, 0.717) is 24.2 Å². The molecule has 2 atom stereocenters. The molecule has 1 saturated heterocycles. The molecule has 1 aliphatic rings. The average molecular weight is 270 g/mol. The summed E-state index contributed by atoms with van der Waals surface area (Å²) in [6.45, 7) is 8.30. The van der Waals surface area contributed by atoms with E-state index in [1.54, 1.807) is 0 Å². The number of hydrogen-bond acceptors (Lipinski definition) is 3. The van der Waals surface area contributed by atoms with Crippen molar-refractivity contribution < 1.29 is 9.53 Å². The van der Waals surface area contributed by atoms with E-state index >= 15 is 0 Å². The van der Waals surface area contributed by atoms with Crippen LogP contribution in [0.5, 0.6) is 0 Å². The predicted octanol–water partition coefficient (Wildman–Crippen LogP) is 2.03. The highest BCUT2D eigenvalue weighted by molar-refractivity contribution is 5.76. The van der Waals surface area contributed by atoms with Crippen LogP contribution >= 0.6 is 0 Å². The third kappa shape index (κ3) is 5.91. The summed E-state index contributed by atoms with van der Waals surface area (Å²) < 4.78 is 5.38. The van der Waals surface area contributed by atoms with Crippen molar-refractivity contribution in [3.8, 4) is 0 Å². The molecular formula is C15H30N2O2. The van der Waals surface area contributed by atoms with Gasteiger partial charge in [0.2, 0.25) is 5.91 Å². The molecule has 2 N–H and O–H groups in total. The lowest BCUT2D eigenvalue weighted by Crippen LogP contribution is -2.35. The first-order valence-corrected chi connectivity index (χ1v) is 7.76. The van der Waals surface area contributed by atoms with Gasteiger partial charge < -0.3 is 15.4 Å². The second-order valence-corrected chi connectivity index (χ2v) is 5.55. The van der Waals surface area contributed by atoms with Gasteiger partial charge in [0, 0.05) is 32.0 Å². The lowest BCUT2D eigenvalue weighted by atomic mass is 9.96. The minimum absolute atomic E-state index is 0.296. The van der Waals surface area contributed by atoms with Crippen molar-refractivity contribution in [3.05, 3.63) is 0 Å². The fraction of sp³-hybridized carbons (Fsp3) is 0.933. The molecule has 4 nitrogen and oxygen atoms in total. The van der Waals surface area contributed by atoms with E-state index in [2.05, 4.69) is 13.8 Å². The molecule has 0 radical (unpaired) electrons. The fourth-order valence-electron chi connectivity index (χ4n) is 2.72. The Balaban J connectivity index is 2.31. The van der Waals surface area contributed by atoms with Crippen molar-refractivity contribution in [2.24, 2.45) is 17.6 Å². The van der Waals surface area contributed by atoms with E-state index < -0.39 is 0 Å². The molecule has 0 saturated carbocycles. The van der Waals surface area contributed by atoms with Crippen molar-refractivity contribution in [1.29, 1.82) is 0 Å². The zero-order valence-corrected chi connectivity index (χ0v) is 12.6. The maximum Gasteiger partial charge on any atom is 0.222 e. The average Bonchev–Trinajstić information content (AvgIpc) is 2.93. The minimum atomic E-state index is 0.296. The molecule has 1 aliphatic heterocycles. The monoisotopic (exact) mass is 270 g/mol. The fourth-order valence-corrected chi connectivity index (χ4v) is 2.72. The quantitative estimate of drug-likeness (QED) is 0.697. The molecule has 1 rings (SSSR count). The van der Waals surface area contributed by atoms with Crippen LogP contribution in [0.2, 0.25) is 0 Å². The van der Waals surface area contributed by atoms with Crippen LogP contribution < -0.4 is 5.73 Å². The van der Waals surface area contributed by atoms with E-state index in [1.807, 2.05) is 4.90 Å². The van der Waals surface area contributed by atoms with Crippen LogP contribution in [0.1, 0.15) is 46.0 Å². The molecule has 0 aliphatic carbocycles. The van der Waals surface area contributed by atoms with Gasteiger partial charge in [0.15, 0.2) is 0 Å². The van der Waals surface area contributed by atoms with E-state index in [4.69, 9.17) is 10.5 Å². The first-order chi connectivity index (χ1) is 9.21. The van der Waals surface area contributed by atoms with Crippen LogP contribution in [0.15, 0.2) is 0 Å². The molecule has 0 aromatic carbocycles. The highest BCUT2D eigenvalue weighted by Crippen LogP contribution is 2.18. The van der Waals surface area contributed by atoms with E-state index in [-0.39, 0.29) is 0 Å². The normalized spacial score (nSPS) is 20.5. The second kappa shape index (κ2) is 9.32. The van der Waals surface area contributed by atoms with Gasteiger partial charge in [-0.1, -0.05) is 13.3 Å². The molecule has 19 heavy (non-hydrogen) atoms. The molecule has 2 unspecified atom stereocenters. The molecule has 1 heterocycles. The Morgan fingerprint density at radius 1 is 1.42 bits per heavy atom. The maximum atomic E-state index is 12.2. The molecule has 0 aromatic rings. The number of nitrogens with two attached hydrogens (primary N) is 1. The van der Waals surface area contributed by atoms with Gasteiger partial charge in [-0.05, 0) is 38.6 Å². The summed E-state index contributed by atoms with van der Waals surface area (Å²) in [7, 11) is 0. The Kier molecular flexibility index (Phi) is 8.07. The standard InChI is InChI=1S/C15H30N2O2/c1-3-13(7-9-16)5-6-15(18)17(4-2)11-14-8-10-19-12-14/h13-14H,3-12,16H2,1-2H3. The van der Waals surface area contributed by atoms with Crippen molar-refractivity contribution >= 4 is 5.91 Å². The Morgan fingerprint density at radius 3 is 2.74 bits per heavy atom. The van der Waals surface area contributed by atoms with Gasteiger partial charge >= 0.3 is 0 Å².